The van der Waals surface area contributed by atoms with E-state index in [2.05, 4.69) is 38.0 Å². The predicted molar refractivity (Wildman–Crippen MR) is 107 cm³/mol. The zero-order chi connectivity index (χ0) is 17.6. The molecule has 3 aromatic rings. The highest BCUT2D eigenvalue weighted by molar-refractivity contribution is 9.10. The molecule has 0 aliphatic carbocycles. The third-order valence-corrected chi connectivity index (χ3v) is 5.95. The van der Waals surface area contributed by atoms with E-state index in [1.807, 2.05) is 36.4 Å². The second-order valence-electron chi connectivity index (χ2n) is 4.91. The molecule has 1 N–H and O–H groups in total. The maximum atomic E-state index is 12.0. The Kier molecular flexibility index (Phi) is 6.06. The summed E-state index contributed by atoms with van der Waals surface area (Å²) in [7, 11) is 0. The minimum absolute atomic E-state index is 0.106. The number of ether oxygens (including phenoxy) is 1. The lowest BCUT2D eigenvalue weighted by atomic mass is 10.1. The Morgan fingerprint density at radius 3 is 3.00 bits per heavy atom. The Morgan fingerprint density at radius 1 is 1.32 bits per heavy atom. The van der Waals surface area contributed by atoms with Crippen LogP contribution in [0.3, 0.4) is 0 Å². The van der Waals surface area contributed by atoms with Crippen molar-refractivity contribution in [2.24, 2.45) is 0 Å². The van der Waals surface area contributed by atoms with Crippen LogP contribution in [0.15, 0.2) is 57.9 Å². The van der Waals surface area contributed by atoms with E-state index in [-0.39, 0.29) is 12.5 Å². The number of anilines is 1. The molecule has 0 unspecified atom stereocenters. The van der Waals surface area contributed by atoms with Crippen LogP contribution in [0.2, 0.25) is 0 Å². The van der Waals surface area contributed by atoms with Gasteiger partial charge in [0.15, 0.2) is 10.9 Å². The Labute approximate surface area is 161 Å². The van der Waals surface area contributed by atoms with E-state index in [4.69, 9.17) is 4.74 Å². The average Bonchev–Trinajstić information content (AvgIpc) is 3.07. The first-order chi connectivity index (χ1) is 12.2. The molecule has 1 heterocycles. The smallest absolute Gasteiger partial charge is 0.264 e. The molecule has 0 radical (unpaired) electrons. The molecule has 0 aliphatic heterocycles. The van der Waals surface area contributed by atoms with Crippen molar-refractivity contribution in [1.82, 2.24) is 10.2 Å². The number of carbonyl (C=O) groups is 1. The molecule has 2 aromatic carbocycles. The summed E-state index contributed by atoms with van der Waals surface area (Å²) in [6.07, 6.45) is 1.79. The summed E-state index contributed by atoms with van der Waals surface area (Å²) in [4.78, 5) is 12.0. The van der Waals surface area contributed by atoms with Crippen molar-refractivity contribution in [1.29, 1.82) is 0 Å². The first kappa shape index (κ1) is 17.9. The van der Waals surface area contributed by atoms with Crippen LogP contribution < -0.4 is 10.1 Å². The molecule has 0 saturated heterocycles. The number of nitrogens with one attached hydrogen (secondary N) is 1. The number of carbonyl (C=O) groups excluding carboxylic acids is 1. The van der Waals surface area contributed by atoms with Crippen LogP contribution in [0.4, 0.5) is 5.13 Å². The number of thioether (sulfide) groups is 1. The molecule has 0 saturated carbocycles. The molecule has 0 atom stereocenters. The number of hydrogen-bond acceptors (Lipinski definition) is 6. The third kappa shape index (κ3) is 4.59. The Hall–Kier alpha value is -1.90. The highest BCUT2D eigenvalue weighted by atomic mass is 79.9. The van der Waals surface area contributed by atoms with E-state index in [1.54, 1.807) is 6.08 Å². The van der Waals surface area contributed by atoms with Gasteiger partial charge in [0, 0.05) is 5.75 Å². The molecule has 0 aliphatic rings. The van der Waals surface area contributed by atoms with Crippen molar-refractivity contribution in [3.63, 3.8) is 0 Å². The summed E-state index contributed by atoms with van der Waals surface area (Å²) in [6.45, 7) is 3.55. The summed E-state index contributed by atoms with van der Waals surface area (Å²) >= 11 is 6.38. The topological polar surface area (TPSA) is 64.1 Å². The van der Waals surface area contributed by atoms with Crippen molar-refractivity contribution in [2.75, 3.05) is 17.7 Å². The van der Waals surface area contributed by atoms with Gasteiger partial charge in [0.25, 0.3) is 5.91 Å². The normalized spacial score (nSPS) is 10.6. The van der Waals surface area contributed by atoms with Gasteiger partial charge in [-0.15, -0.1) is 16.8 Å². The van der Waals surface area contributed by atoms with Gasteiger partial charge in [-0.25, -0.2) is 0 Å². The fraction of sp³-hybridized carbons (Fsp3) is 0.118. The lowest BCUT2D eigenvalue weighted by molar-refractivity contribution is -0.118. The van der Waals surface area contributed by atoms with Crippen LogP contribution in [0.5, 0.6) is 5.75 Å². The third-order valence-electron chi connectivity index (χ3n) is 3.16. The highest BCUT2D eigenvalue weighted by Gasteiger charge is 2.11. The maximum Gasteiger partial charge on any atom is 0.264 e. The minimum atomic E-state index is -0.281. The van der Waals surface area contributed by atoms with Crippen LogP contribution in [-0.4, -0.2) is 28.5 Å². The minimum Gasteiger partial charge on any atom is -0.483 e. The number of hydrogen-bond donors (Lipinski definition) is 1. The number of rotatable bonds is 7. The second kappa shape index (κ2) is 8.46. The standard InChI is InChI=1S/C17H14BrN3O2S2/c1-2-9-24-17-21-20-16(25-17)19-14(22)10-23-13-8-7-11-5-3-4-6-12(11)15(13)18/h2-8H,1,9-10H2,(H,19,20,22). The zero-order valence-corrected chi connectivity index (χ0v) is 16.3. The van der Waals surface area contributed by atoms with Crippen LogP contribution >= 0.6 is 39.0 Å². The van der Waals surface area contributed by atoms with Gasteiger partial charge in [-0.1, -0.05) is 59.5 Å². The second-order valence-corrected chi connectivity index (χ2v) is 7.95. The van der Waals surface area contributed by atoms with Crippen LogP contribution in [0.1, 0.15) is 0 Å². The number of amides is 1. The molecule has 0 bridgehead atoms. The number of fused-ring (bicyclic) bond motifs is 1. The first-order valence-electron chi connectivity index (χ1n) is 7.34. The largest absolute Gasteiger partial charge is 0.483 e. The van der Waals surface area contributed by atoms with Gasteiger partial charge in [0.05, 0.1) is 4.47 Å². The lowest BCUT2D eigenvalue weighted by Crippen LogP contribution is -2.20. The molecule has 0 fully saturated rings. The van der Waals surface area contributed by atoms with E-state index < -0.39 is 0 Å². The molecule has 25 heavy (non-hydrogen) atoms. The van der Waals surface area contributed by atoms with Crippen molar-refractivity contribution >= 4 is 60.8 Å². The summed E-state index contributed by atoms with van der Waals surface area (Å²) in [6, 6.07) is 11.8. The van der Waals surface area contributed by atoms with Gasteiger partial charge >= 0.3 is 0 Å². The number of aromatic nitrogens is 2. The Balaban J connectivity index is 1.60. The van der Waals surface area contributed by atoms with Gasteiger partial charge in [-0.05, 0) is 32.8 Å². The molecule has 1 amide bonds. The summed E-state index contributed by atoms with van der Waals surface area (Å²) in [5, 5.41) is 13.2. The summed E-state index contributed by atoms with van der Waals surface area (Å²) < 4.78 is 7.25. The Bertz CT molecular complexity index is 914. The van der Waals surface area contributed by atoms with Crippen molar-refractivity contribution in [3.8, 4) is 5.75 Å². The van der Waals surface area contributed by atoms with E-state index in [0.717, 1.165) is 25.3 Å². The zero-order valence-electron chi connectivity index (χ0n) is 13.1. The van der Waals surface area contributed by atoms with E-state index >= 15 is 0 Å². The molecule has 0 spiro atoms. The first-order valence-corrected chi connectivity index (χ1v) is 9.94. The molecule has 1 aromatic heterocycles. The quantitative estimate of drug-likeness (QED) is 0.329. The number of halogens is 1. The summed E-state index contributed by atoms with van der Waals surface area (Å²) in [5.74, 6) is 1.09. The van der Waals surface area contributed by atoms with Crippen molar-refractivity contribution in [3.05, 3.63) is 53.5 Å². The van der Waals surface area contributed by atoms with Crippen molar-refractivity contribution < 1.29 is 9.53 Å². The van der Waals surface area contributed by atoms with Crippen molar-refractivity contribution in [2.45, 2.75) is 4.34 Å². The average molecular weight is 436 g/mol. The summed E-state index contributed by atoms with van der Waals surface area (Å²) in [5.41, 5.74) is 0. The molecular weight excluding hydrogens is 422 g/mol. The highest BCUT2D eigenvalue weighted by Crippen LogP contribution is 2.33. The van der Waals surface area contributed by atoms with E-state index in [1.165, 1.54) is 23.1 Å². The van der Waals surface area contributed by atoms with E-state index in [9.17, 15) is 4.79 Å². The van der Waals surface area contributed by atoms with Gasteiger partial charge in [0.2, 0.25) is 5.13 Å². The predicted octanol–water partition coefficient (Wildman–Crippen LogP) is 4.75. The maximum absolute atomic E-state index is 12.0. The monoisotopic (exact) mass is 435 g/mol. The van der Waals surface area contributed by atoms with Gasteiger partial charge in [-0.2, -0.15) is 0 Å². The number of benzene rings is 2. The molecular formula is C17H14BrN3O2S2. The molecule has 128 valence electrons. The van der Waals surface area contributed by atoms with E-state index in [0.29, 0.717) is 10.9 Å². The van der Waals surface area contributed by atoms with Crippen LogP contribution in [0.25, 0.3) is 10.8 Å². The lowest BCUT2D eigenvalue weighted by Gasteiger charge is -2.09. The van der Waals surface area contributed by atoms with Gasteiger partial charge in [0.1, 0.15) is 5.75 Å². The fourth-order valence-electron chi connectivity index (χ4n) is 2.07. The molecule has 8 heteroatoms. The van der Waals surface area contributed by atoms with Crippen LogP contribution in [-0.2, 0) is 4.79 Å². The fourth-order valence-corrected chi connectivity index (χ4v) is 4.21. The Morgan fingerprint density at radius 2 is 2.16 bits per heavy atom. The van der Waals surface area contributed by atoms with Gasteiger partial charge in [-0.3, -0.25) is 10.1 Å². The van der Waals surface area contributed by atoms with Gasteiger partial charge < -0.3 is 4.74 Å². The number of nitrogens with zero attached hydrogens (tertiary/aromatic N) is 2. The SMILES string of the molecule is C=CCSc1nnc(NC(=O)COc2ccc3ccccc3c2Br)s1. The van der Waals surface area contributed by atoms with Crippen LogP contribution in [0, 0.1) is 0 Å². The molecule has 3 rings (SSSR count). The molecule has 5 nitrogen and oxygen atoms in total.